The fourth-order valence-corrected chi connectivity index (χ4v) is 7.31. The zero-order chi connectivity index (χ0) is 32.3. The normalized spacial score (nSPS) is 21.8. The van der Waals surface area contributed by atoms with E-state index in [1.165, 1.54) is 12.1 Å². The van der Waals surface area contributed by atoms with Gasteiger partial charge in [0.25, 0.3) is 11.1 Å². The molecule has 3 aliphatic heterocycles. The van der Waals surface area contributed by atoms with Crippen LogP contribution >= 0.6 is 23.4 Å². The van der Waals surface area contributed by atoms with Crippen LogP contribution in [0.3, 0.4) is 0 Å². The van der Waals surface area contributed by atoms with Crippen LogP contribution < -0.4 is 0 Å². The van der Waals surface area contributed by atoms with E-state index >= 15 is 0 Å². The Morgan fingerprint density at radius 1 is 1.09 bits per heavy atom. The van der Waals surface area contributed by atoms with E-state index in [-0.39, 0.29) is 46.6 Å². The summed E-state index contributed by atoms with van der Waals surface area (Å²) in [5.74, 6) is -0.547. The van der Waals surface area contributed by atoms with Crippen molar-refractivity contribution in [2.75, 3.05) is 26.2 Å². The molecule has 0 unspecified atom stereocenters. The van der Waals surface area contributed by atoms with Gasteiger partial charge in [-0.25, -0.2) is 4.79 Å². The lowest BCUT2D eigenvalue weighted by molar-refractivity contribution is -0.138. The maximum absolute atomic E-state index is 14.0. The largest absolute Gasteiger partial charge is 0.444 e. The number of imide groups is 1. The van der Waals surface area contributed by atoms with Crippen LogP contribution in [-0.4, -0.2) is 86.0 Å². The van der Waals surface area contributed by atoms with E-state index < -0.39 is 28.5 Å². The van der Waals surface area contributed by atoms with Crippen LogP contribution in [0.4, 0.5) is 22.8 Å². The zero-order valence-corrected chi connectivity index (χ0v) is 26.4. The summed E-state index contributed by atoms with van der Waals surface area (Å²) >= 11 is 6.65. The number of fused-ring (bicyclic) bond motifs is 3. The summed E-state index contributed by atoms with van der Waals surface area (Å²) in [6.45, 7) is 7.10. The molecule has 3 aliphatic rings. The highest BCUT2D eigenvalue weighted by Crippen LogP contribution is 2.42. The second kappa shape index (κ2) is 11.7. The van der Waals surface area contributed by atoms with Gasteiger partial charge in [-0.05, 0) is 86.3 Å². The molecule has 2 atom stereocenters. The molecule has 2 bridgehead atoms. The molecular weight excluding hydrogens is 631 g/mol. The van der Waals surface area contributed by atoms with Crippen LogP contribution in [0.1, 0.15) is 43.9 Å². The second-order valence-corrected chi connectivity index (χ2v) is 13.8. The fourth-order valence-electron chi connectivity index (χ4n) is 6.17. The first kappa shape index (κ1) is 31.4. The van der Waals surface area contributed by atoms with Crippen LogP contribution in [0.2, 0.25) is 5.02 Å². The van der Waals surface area contributed by atoms with Gasteiger partial charge in [0.2, 0.25) is 0 Å². The Kier molecular flexibility index (Phi) is 8.15. The molecule has 0 aliphatic carbocycles. The van der Waals surface area contributed by atoms with Gasteiger partial charge in [-0.3, -0.25) is 24.5 Å². The van der Waals surface area contributed by atoms with Crippen LogP contribution in [0, 0.1) is 0 Å². The van der Waals surface area contributed by atoms with Crippen LogP contribution in [0.25, 0.3) is 16.5 Å². The van der Waals surface area contributed by atoms with Gasteiger partial charge in [-0.1, -0.05) is 23.7 Å². The number of rotatable bonds is 6. The molecule has 3 saturated heterocycles. The van der Waals surface area contributed by atoms with Crippen LogP contribution in [-0.2, 0) is 22.1 Å². The topological polar surface area (TPSA) is 98.8 Å². The van der Waals surface area contributed by atoms with E-state index in [0.717, 1.165) is 34.7 Å². The van der Waals surface area contributed by atoms with Gasteiger partial charge in [-0.2, -0.15) is 18.3 Å². The number of H-pyrrole nitrogens is 1. The highest BCUT2D eigenvalue weighted by molar-refractivity contribution is 8.18. The number of nitrogens with one attached hydrogen (secondary N) is 1. The number of nitrogens with zero attached hydrogens (tertiary/aromatic N) is 4. The van der Waals surface area contributed by atoms with Crippen molar-refractivity contribution in [2.45, 2.75) is 57.5 Å². The maximum Gasteiger partial charge on any atom is 0.416 e. The number of ether oxygens (including phenoxy) is 1. The molecule has 0 spiro atoms. The standard InChI is InChI=1S/C31H31ClF3N5O4S/c1-30(2,3)44-28(42)40-16-21-13-22(40)15-38(21)8-9-39-27(41)26(45-29(39)43)23(17-5-7-25-19(10-17)14-36-37-25)11-18-4-6-20(32)12-24(18)31(33,34)35/h4-7,10,12,14,21-22H,8-9,11,13,15-16H2,1-3H3,(H,36,37)/t21-,22-/m0/s1. The van der Waals surface area contributed by atoms with E-state index in [9.17, 15) is 27.6 Å². The first-order chi connectivity index (χ1) is 21.2. The van der Waals surface area contributed by atoms with Crippen molar-refractivity contribution in [2.24, 2.45) is 0 Å². The maximum atomic E-state index is 14.0. The fraction of sp³-hybridized carbons (Fsp3) is 0.419. The lowest BCUT2D eigenvalue weighted by Gasteiger charge is -2.35. The molecule has 3 aromatic rings. The summed E-state index contributed by atoms with van der Waals surface area (Å²) in [5, 5.41) is 7.02. The quantitative estimate of drug-likeness (QED) is 0.298. The third-order valence-electron chi connectivity index (χ3n) is 8.25. The van der Waals surface area contributed by atoms with Gasteiger partial charge in [0.05, 0.1) is 22.2 Å². The molecule has 14 heteroatoms. The van der Waals surface area contributed by atoms with E-state index in [1.807, 2.05) is 20.8 Å². The van der Waals surface area contributed by atoms with Gasteiger partial charge < -0.3 is 9.64 Å². The number of thioether (sulfide) groups is 1. The number of halogens is 4. The molecule has 9 nitrogen and oxygen atoms in total. The van der Waals surface area contributed by atoms with Crippen molar-refractivity contribution < 1.29 is 32.3 Å². The third kappa shape index (κ3) is 6.43. The first-order valence-electron chi connectivity index (χ1n) is 14.5. The van der Waals surface area contributed by atoms with Crippen LogP contribution in [0.15, 0.2) is 47.5 Å². The Labute approximate surface area is 266 Å². The number of benzene rings is 2. The predicted octanol–water partition coefficient (Wildman–Crippen LogP) is 6.58. The third-order valence-corrected chi connectivity index (χ3v) is 9.50. The van der Waals surface area contributed by atoms with Crippen LogP contribution in [0.5, 0.6) is 0 Å². The van der Waals surface area contributed by atoms with Crippen molar-refractivity contribution in [3.8, 4) is 0 Å². The molecule has 6 rings (SSSR count). The van der Waals surface area contributed by atoms with Crippen molar-refractivity contribution in [1.82, 2.24) is 24.9 Å². The molecule has 0 saturated carbocycles. The highest BCUT2D eigenvalue weighted by Gasteiger charge is 2.47. The zero-order valence-electron chi connectivity index (χ0n) is 24.8. The molecule has 45 heavy (non-hydrogen) atoms. The van der Waals surface area contributed by atoms with E-state index in [2.05, 4.69) is 15.1 Å². The number of piperazine rings is 1. The minimum absolute atomic E-state index is 0.00805. The summed E-state index contributed by atoms with van der Waals surface area (Å²) in [7, 11) is 0. The number of carbonyl (C=O) groups is 3. The average molecular weight is 662 g/mol. The summed E-state index contributed by atoms with van der Waals surface area (Å²) in [5.41, 5.74) is -0.0205. The van der Waals surface area contributed by atoms with Crippen molar-refractivity contribution >= 4 is 57.1 Å². The number of carbonyl (C=O) groups excluding carboxylic acids is 3. The predicted molar refractivity (Wildman–Crippen MR) is 165 cm³/mol. The molecule has 238 valence electrons. The minimum atomic E-state index is -4.67. The van der Waals surface area contributed by atoms with Crippen molar-refractivity contribution in [3.63, 3.8) is 0 Å². The highest BCUT2D eigenvalue weighted by atomic mass is 35.5. The summed E-state index contributed by atoms with van der Waals surface area (Å²) in [6, 6.07) is 8.79. The van der Waals surface area contributed by atoms with E-state index in [0.29, 0.717) is 36.2 Å². The number of allylic oxidation sites excluding steroid dienone is 1. The molecule has 1 aromatic heterocycles. The van der Waals surface area contributed by atoms with Gasteiger partial charge >= 0.3 is 12.3 Å². The number of hydrogen-bond donors (Lipinski definition) is 1. The molecule has 2 aromatic carbocycles. The average Bonchev–Trinajstić information content (AvgIpc) is 3.73. The molecule has 0 radical (unpaired) electrons. The van der Waals surface area contributed by atoms with Gasteiger partial charge in [0.1, 0.15) is 5.60 Å². The summed E-state index contributed by atoms with van der Waals surface area (Å²) < 4.78 is 47.6. The van der Waals surface area contributed by atoms with Crippen molar-refractivity contribution in [1.29, 1.82) is 0 Å². The molecule has 1 N–H and O–H groups in total. The molecule has 3 amide bonds. The first-order valence-corrected chi connectivity index (χ1v) is 15.7. The molecule has 4 heterocycles. The van der Waals surface area contributed by atoms with Gasteiger partial charge in [0.15, 0.2) is 0 Å². The minimum Gasteiger partial charge on any atom is -0.444 e. The Hall–Kier alpha value is -3.55. The number of alkyl halides is 3. The number of likely N-dealkylation sites (tertiary alicyclic amines) is 2. The molecular formula is C31H31ClF3N5O4S. The Balaban J connectivity index is 1.24. The van der Waals surface area contributed by atoms with Gasteiger partial charge in [0, 0.05) is 48.7 Å². The van der Waals surface area contributed by atoms with Crippen molar-refractivity contribution in [3.05, 3.63) is 69.2 Å². The SMILES string of the molecule is CC(C)(C)OC(=O)N1C[C@@H]2C[C@H]1CN2CCN1C(=O)SC(=C(Cc2ccc(Cl)cc2C(F)(F)F)c2ccc3[nH]ncc3c2)C1=O. The second-order valence-electron chi connectivity index (χ2n) is 12.5. The number of hydrogen-bond acceptors (Lipinski definition) is 7. The molecule has 3 fully saturated rings. The number of aromatic amines is 1. The summed E-state index contributed by atoms with van der Waals surface area (Å²) in [4.78, 5) is 44.7. The Bertz CT molecular complexity index is 1720. The van der Waals surface area contributed by atoms with E-state index in [4.69, 9.17) is 16.3 Å². The van der Waals surface area contributed by atoms with Gasteiger partial charge in [-0.15, -0.1) is 0 Å². The Morgan fingerprint density at radius 3 is 2.56 bits per heavy atom. The monoisotopic (exact) mass is 661 g/mol. The van der Waals surface area contributed by atoms with E-state index in [1.54, 1.807) is 29.3 Å². The smallest absolute Gasteiger partial charge is 0.416 e. The number of aromatic nitrogens is 2. The Morgan fingerprint density at radius 2 is 1.87 bits per heavy atom. The lowest BCUT2D eigenvalue weighted by Crippen LogP contribution is -2.51. The lowest BCUT2D eigenvalue weighted by atomic mass is 9.93. The summed E-state index contributed by atoms with van der Waals surface area (Å²) in [6.07, 6.45) is -2.90. The number of amides is 3.